The Kier molecular flexibility index (Phi) is 5.80. The number of benzene rings is 1. The summed E-state index contributed by atoms with van der Waals surface area (Å²) in [5.74, 6) is 0.548. The molecule has 1 aromatic carbocycles. The molecule has 0 aliphatic carbocycles. The Bertz CT molecular complexity index is 433. The van der Waals surface area contributed by atoms with E-state index in [-0.39, 0.29) is 11.6 Å². The number of aryl methyl sites for hydroxylation is 1. The topological polar surface area (TPSA) is 30.5 Å². The quantitative estimate of drug-likeness (QED) is 0.870. The van der Waals surface area contributed by atoms with Crippen LogP contribution in [-0.2, 0) is 9.47 Å². The van der Waals surface area contributed by atoms with Crippen LogP contribution in [0.5, 0.6) is 0 Å². The van der Waals surface area contributed by atoms with Gasteiger partial charge in [0.25, 0.3) is 0 Å². The summed E-state index contributed by atoms with van der Waals surface area (Å²) in [7, 11) is 0. The van der Waals surface area contributed by atoms with Crippen LogP contribution in [0.2, 0.25) is 0 Å². The van der Waals surface area contributed by atoms with E-state index in [1.165, 1.54) is 11.1 Å². The Morgan fingerprint density at radius 3 is 2.81 bits per heavy atom. The Balaban J connectivity index is 1.98. The number of hydrogen-bond acceptors (Lipinski definition) is 3. The normalized spacial score (nSPS) is 20.7. The van der Waals surface area contributed by atoms with Gasteiger partial charge in [-0.2, -0.15) is 0 Å². The molecule has 0 bridgehead atoms. The molecule has 1 aliphatic rings. The summed E-state index contributed by atoms with van der Waals surface area (Å²) in [5, 5.41) is 3.56. The van der Waals surface area contributed by atoms with Gasteiger partial charge in [0.05, 0.1) is 19.3 Å². The summed E-state index contributed by atoms with van der Waals surface area (Å²) in [4.78, 5) is 0. The van der Waals surface area contributed by atoms with E-state index in [0.717, 1.165) is 32.8 Å². The summed E-state index contributed by atoms with van der Waals surface area (Å²) < 4.78 is 11.7. The molecule has 1 N–H and O–H groups in total. The SMILES string of the molecule is Cc1cccc(C(CNC(C)(C)C)OCC2CCOC2)c1. The lowest BCUT2D eigenvalue weighted by atomic mass is 10.0. The maximum absolute atomic E-state index is 6.22. The van der Waals surface area contributed by atoms with Crippen LogP contribution >= 0.6 is 0 Å². The average Bonchev–Trinajstić information content (AvgIpc) is 2.90. The molecule has 3 heteroatoms. The van der Waals surface area contributed by atoms with Crippen LogP contribution in [0.15, 0.2) is 24.3 Å². The monoisotopic (exact) mass is 291 g/mol. The van der Waals surface area contributed by atoms with Gasteiger partial charge in [-0.15, -0.1) is 0 Å². The lowest BCUT2D eigenvalue weighted by Crippen LogP contribution is -2.39. The first-order valence-electron chi connectivity index (χ1n) is 7.95. The van der Waals surface area contributed by atoms with E-state index >= 15 is 0 Å². The van der Waals surface area contributed by atoms with Gasteiger partial charge in [0.15, 0.2) is 0 Å². The van der Waals surface area contributed by atoms with Gasteiger partial charge in [-0.05, 0) is 39.7 Å². The van der Waals surface area contributed by atoms with Crippen molar-refractivity contribution in [1.29, 1.82) is 0 Å². The third-order valence-electron chi connectivity index (χ3n) is 3.79. The zero-order valence-electron chi connectivity index (χ0n) is 13.8. The minimum atomic E-state index is 0.0991. The first-order valence-corrected chi connectivity index (χ1v) is 7.95. The minimum Gasteiger partial charge on any atom is -0.381 e. The van der Waals surface area contributed by atoms with E-state index in [9.17, 15) is 0 Å². The predicted octanol–water partition coefficient (Wildman–Crippen LogP) is 3.48. The molecule has 0 aromatic heterocycles. The number of hydrogen-bond donors (Lipinski definition) is 1. The summed E-state index contributed by atoms with van der Waals surface area (Å²) in [5.41, 5.74) is 2.63. The molecule has 0 saturated carbocycles. The Morgan fingerprint density at radius 1 is 1.38 bits per heavy atom. The number of ether oxygens (including phenoxy) is 2. The molecular formula is C18H29NO2. The molecule has 0 radical (unpaired) electrons. The van der Waals surface area contributed by atoms with E-state index in [4.69, 9.17) is 9.47 Å². The maximum atomic E-state index is 6.22. The molecule has 0 spiro atoms. The van der Waals surface area contributed by atoms with Gasteiger partial charge in [-0.1, -0.05) is 29.8 Å². The smallest absolute Gasteiger partial charge is 0.0949 e. The van der Waals surface area contributed by atoms with Gasteiger partial charge in [0.1, 0.15) is 0 Å². The second-order valence-electron chi connectivity index (χ2n) is 7.10. The third-order valence-corrected chi connectivity index (χ3v) is 3.79. The zero-order chi connectivity index (χ0) is 15.3. The summed E-state index contributed by atoms with van der Waals surface area (Å²) in [6, 6.07) is 8.62. The maximum Gasteiger partial charge on any atom is 0.0949 e. The molecule has 21 heavy (non-hydrogen) atoms. The Hall–Kier alpha value is -0.900. The molecule has 2 rings (SSSR count). The highest BCUT2D eigenvalue weighted by molar-refractivity contribution is 5.24. The largest absolute Gasteiger partial charge is 0.381 e. The summed E-state index contributed by atoms with van der Waals surface area (Å²) >= 11 is 0. The van der Waals surface area contributed by atoms with E-state index in [1.54, 1.807) is 0 Å². The first kappa shape index (κ1) is 16.5. The van der Waals surface area contributed by atoms with Gasteiger partial charge in [-0.3, -0.25) is 0 Å². The van der Waals surface area contributed by atoms with Crippen LogP contribution in [0.25, 0.3) is 0 Å². The second-order valence-corrected chi connectivity index (χ2v) is 7.10. The lowest BCUT2D eigenvalue weighted by Gasteiger charge is -2.26. The van der Waals surface area contributed by atoms with Gasteiger partial charge in [-0.25, -0.2) is 0 Å². The van der Waals surface area contributed by atoms with Crippen molar-refractivity contribution in [2.45, 2.75) is 45.8 Å². The van der Waals surface area contributed by atoms with Crippen LogP contribution in [0.4, 0.5) is 0 Å². The zero-order valence-corrected chi connectivity index (χ0v) is 13.8. The van der Waals surface area contributed by atoms with Crippen molar-refractivity contribution in [2.75, 3.05) is 26.4 Å². The second kappa shape index (κ2) is 7.39. The fraction of sp³-hybridized carbons (Fsp3) is 0.667. The Morgan fingerprint density at radius 2 is 2.19 bits per heavy atom. The molecule has 1 saturated heterocycles. The Labute approximate surface area is 129 Å². The molecule has 1 aliphatic heterocycles. The van der Waals surface area contributed by atoms with Gasteiger partial charge in [0.2, 0.25) is 0 Å². The van der Waals surface area contributed by atoms with Crippen LogP contribution in [0.1, 0.15) is 44.4 Å². The third kappa shape index (κ3) is 5.77. The van der Waals surface area contributed by atoms with Crippen molar-refractivity contribution in [1.82, 2.24) is 5.32 Å². The molecule has 0 amide bonds. The molecule has 3 nitrogen and oxygen atoms in total. The number of rotatable bonds is 6. The van der Waals surface area contributed by atoms with Crippen molar-refractivity contribution < 1.29 is 9.47 Å². The summed E-state index contributed by atoms with van der Waals surface area (Å²) in [6.45, 7) is 12.0. The molecule has 1 fully saturated rings. The molecule has 1 aromatic rings. The van der Waals surface area contributed by atoms with E-state index < -0.39 is 0 Å². The summed E-state index contributed by atoms with van der Waals surface area (Å²) in [6.07, 6.45) is 1.22. The van der Waals surface area contributed by atoms with E-state index in [0.29, 0.717) is 5.92 Å². The highest BCUT2D eigenvalue weighted by atomic mass is 16.5. The molecule has 1 heterocycles. The van der Waals surface area contributed by atoms with Crippen molar-refractivity contribution in [2.24, 2.45) is 5.92 Å². The fourth-order valence-corrected chi connectivity index (χ4v) is 2.51. The van der Waals surface area contributed by atoms with Crippen LogP contribution in [-0.4, -0.2) is 31.9 Å². The predicted molar refractivity (Wildman–Crippen MR) is 86.6 cm³/mol. The van der Waals surface area contributed by atoms with Crippen molar-refractivity contribution in [3.05, 3.63) is 35.4 Å². The van der Waals surface area contributed by atoms with E-state index in [2.05, 4.69) is 57.3 Å². The minimum absolute atomic E-state index is 0.0991. The molecule has 2 atom stereocenters. The highest BCUT2D eigenvalue weighted by Gasteiger charge is 2.21. The van der Waals surface area contributed by atoms with Crippen molar-refractivity contribution in [3.63, 3.8) is 0 Å². The van der Waals surface area contributed by atoms with Crippen LogP contribution < -0.4 is 5.32 Å². The highest BCUT2D eigenvalue weighted by Crippen LogP contribution is 2.22. The molecule has 118 valence electrons. The average molecular weight is 291 g/mol. The lowest BCUT2D eigenvalue weighted by molar-refractivity contribution is 0.0221. The van der Waals surface area contributed by atoms with Crippen LogP contribution in [0.3, 0.4) is 0 Å². The van der Waals surface area contributed by atoms with Gasteiger partial charge >= 0.3 is 0 Å². The van der Waals surface area contributed by atoms with E-state index in [1.807, 2.05) is 0 Å². The van der Waals surface area contributed by atoms with Crippen molar-refractivity contribution in [3.8, 4) is 0 Å². The fourth-order valence-electron chi connectivity index (χ4n) is 2.51. The standard InChI is InChI=1S/C18H29NO2/c1-14-6-5-7-16(10-14)17(11-19-18(2,3)4)21-13-15-8-9-20-12-15/h5-7,10,15,17,19H,8-9,11-13H2,1-4H3. The van der Waals surface area contributed by atoms with Crippen LogP contribution in [0, 0.1) is 12.8 Å². The first-order chi connectivity index (χ1) is 9.94. The van der Waals surface area contributed by atoms with Gasteiger partial charge in [0, 0.05) is 24.6 Å². The number of nitrogens with one attached hydrogen (secondary N) is 1. The van der Waals surface area contributed by atoms with Gasteiger partial charge < -0.3 is 14.8 Å². The van der Waals surface area contributed by atoms with Crippen molar-refractivity contribution >= 4 is 0 Å². The molecular weight excluding hydrogens is 262 g/mol. The molecule has 2 unspecified atom stereocenters.